The van der Waals surface area contributed by atoms with Crippen LogP contribution in [0, 0.1) is 0 Å². The molecule has 3 aromatic carbocycles. The summed E-state index contributed by atoms with van der Waals surface area (Å²) < 4.78 is 1.87. The number of nitrogens with zero attached hydrogens (tertiary/aromatic N) is 3. The Labute approximate surface area is 208 Å². The maximum atomic E-state index is 12.5. The zero-order chi connectivity index (χ0) is 22.7. The fraction of sp³-hybridized carbons (Fsp3) is 0.0455. The lowest BCUT2D eigenvalue weighted by Crippen LogP contribution is -2.14. The number of thioether (sulfide) groups is 1. The van der Waals surface area contributed by atoms with Gasteiger partial charge in [0.2, 0.25) is 5.91 Å². The summed E-state index contributed by atoms with van der Waals surface area (Å²) in [6.07, 6.45) is 0. The van der Waals surface area contributed by atoms with Crippen LogP contribution >= 0.6 is 58.2 Å². The Hall–Kier alpha value is -2.22. The highest BCUT2D eigenvalue weighted by Crippen LogP contribution is 2.30. The Morgan fingerprint density at radius 1 is 0.844 bits per heavy atom. The Bertz CT molecular complexity index is 1260. The van der Waals surface area contributed by atoms with E-state index in [4.69, 9.17) is 46.4 Å². The third-order valence-electron chi connectivity index (χ3n) is 4.36. The van der Waals surface area contributed by atoms with Crippen molar-refractivity contribution in [3.05, 3.63) is 86.8 Å². The molecule has 0 unspecified atom stereocenters. The van der Waals surface area contributed by atoms with Crippen molar-refractivity contribution in [1.29, 1.82) is 0 Å². The monoisotopic (exact) mass is 522 g/mol. The molecule has 1 N–H and O–H groups in total. The normalized spacial score (nSPS) is 10.9. The lowest BCUT2D eigenvalue weighted by atomic mass is 10.2. The minimum Gasteiger partial charge on any atom is -0.325 e. The number of aromatic nitrogens is 3. The highest BCUT2D eigenvalue weighted by molar-refractivity contribution is 7.99. The van der Waals surface area contributed by atoms with Crippen LogP contribution in [0.2, 0.25) is 20.1 Å². The van der Waals surface area contributed by atoms with Crippen LogP contribution in [0.3, 0.4) is 0 Å². The molecule has 4 rings (SSSR count). The van der Waals surface area contributed by atoms with Crippen molar-refractivity contribution in [3.63, 3.8) is 0 Å². The molecule has 0 aliphatic carbocycles. The molecule has 0 atom stereocenters. The molecule has 1 amide bonds. The number of carbonyl (C=O) groups excluding carboxylic acids is 1. The standard InChI is InChI=1S/C22H14Cl4N4OS/c23-14-3-1-13(2-4-14)21-28-29-22(30(21)17-8-5-15(24)6-9-17)32-12-20(31)27-16-7-10-18(25)19(26)11-16/h1-11H,12H2,(H,27,31). The van der Waals surface area contributed by atoms with Crippen molar-refractivity contribution in [2.45, 2.75) is 5.16 Å². The van der Waals surface area contributed by atoms with Gasteiger partial charge in [-0.1, -0.05) is 58.2 Å². The summed E-state index contributed by atoms with van der Waals surface area (Å²) in [4.78, 5) is 12.5. The molecule has 32 heavy (non-hydrogen) atoms. The molecule has 10 heteroatoms. The van der Waals surface area contributed by atoms with E-state index in [1.807, 2.05) is 28.8 Å². The summed E-state index contributed by atoms with van der Waals surface area (Å²) in [5.74, 6) is 0.524. The van der Waals surface area contributed by atoms with Gasteiger partial charge in [-0.2, -0.15) is 0 Å². The summed E-state index contributed by atoms with van der Waals surface area (Å²) in [6.45, 7) is 0. The van der Waals surface area contributed by atoms with Crippen molar-refractivity contribution in [1.82, 2.24) is 14.8 Å². The average Bonchev–Trinajstić information content (AvgIpc) is 3.20. The summed E-state index contributed by atoms with van der Waals surface area (Å²) in [7, 11) is 0. The molecule has 0 radical (unpaired) electrons. The predicted octanol–water partition coefficient (Wildman–Crippen LogP) is 7.28. The topological polar surface area (TPSA) is 59.8 Å². The van der Waals surface area contributed by atoms with Gasteiger partial charge in [0.1, 0.15) is 0 Å². The van der Waals surface area contributed by atoms with Crippen molar-refractivity contribution in [2.75, 3.05) is 11.1 Å². The maximum Gasteiger partial charge on any atom is 0.234 e. The highest BCUT2D eigenvalue weighted by atomic mass is 35.5. The van der Waals surface area contributed by atoms with Crippen LogP contribution in [0.25, 0.3) is 17.1 Å². The molecule has 0 saturated carbocycles. The van der Waals surface area contributed by atoms with E-state index in [0.717, 1.165) is 11.3 Å². The second kappa shape index (κ2) is 10.1. The molecular formula is C22H14Cl4N4OS. The first kappa shape index (κ1) is 23.0. The number of nitrogens with one attached hydrogen (secondary N) is 1. The van der Waals surface area contributed by atoms with Gasteiger partial charge in [-0.3, -0.25) is 9.36 Å². The van der Waals surface area contributed by atoms with Gasteiger partial charge >= 0.3 is 0 Å². The number of amides is 1. The number of halogens is 4. The Morgan fingerprint density at radius 3 is 2.16 bits per heavy atom. The molecule has 1 heterocycles. The molecule has 0 bridgehead atoms. The van der Waals surface area contributed by atoms with Gasteiger partial charge in [-0.05, 0) is 66.7 Å². The molecule has 0 spiro atoms. The van der Waals surface area contributed by atoms with Crippen LogP contribution < -0.4 is 5.32 Å². The molecular weight excluding hydrogens is 510 g/mol. The number of anilines is 1. The van der Waals surface area contributed by atoms with Crippen molar-refractivity contribution in [3.8, 4) is 17.1 Å². The van der Waals surface area contributed by atoms with Gasteiger partial charge in [0.15, 0.2) is 11.0 Å². The second-order valence-electron chi connectivity index (χ2n) is 6.59. The smallest absolute Gasteiger partial charge is 0.234 e. The lowest BCUT2D eigenvalue weighted by molar-refractivity contribution is -0.113. The van der Waals surface area contributed by atoms with E-state index in [1.54, 1.807) is 42.5 Å². The first-order valence-electron chi connectivity index (χ1n) is 9.26. The number of rotatable bonds is 6. The van der Waals surface area contributed by atoms with E-state index in [1.165, 1.54) is 11.8 Å². The average molecular weight is 524 g/mol. The van der Waals surface area contributed by atoms with Gasteiger partial charge in [-0.15, -0.1) is 10.2 Å². The number of benzene rings is 3. The minimum atomic E-state index is -0.216. The van der Waals surface area contributed by atoms with E-state index in [9.17, 15) is 4.79 Å². The quantitative estimate of drug-likeness (QED) is 0.270. The number of carbonyl (C=O) groups is 1. The molecule has 0 aliphatic heterocycles. The van der Waals surface area contributed by atoms with Gasteiger partial charge < -0.3 is 5.32 Å². The fourth-order valence-electron chi connectivity index (χ4n) is 2.87. The fourth-order valence-corrected chi connectivity index (χ4v) is 4.18. The number of hydrogen-bond acceptors (Lipinski definition) is 4. The van der Waals surface area contributed by atoms with Crippen molar-refractivity contribution in [2.24, 2.45) is 0 Å². The summed E-state index contributed by atoms with van der Waals surface area (Å²) in [5, 5.41) is 14.0. The largest absolute Gasteiger partial charge is 0.325 e. The molecule has 0 aliphatic rings. The summed E-state index contributed by atoms with van der Waals surface area (Å²) in [6, 6.07) is 19.5. The minimum absolute atomic E-state index is 0.118. The van der Waals surface area contributed by atoms with Gasteiger partial charge in [0.05, 0.1) is 15.8 Å². The lowest BCUT2D eigenvalue weighted by Gasteiger charge is -2.11. The number of hydrogen-bond donors (Lipinski definition) is 1. The van der Waals surface area contributed by atoms with E-state index >= 15 is 0 Å². The predicted molar refractivity (Wildman–Crippen MR) is 133 cm³/mol. The third-order valence-corrected chi connectivity index (χ3v) is 6.53. The van der Waals surface area contributed by atoms with Crippen LogP contribution in [-0.4, -0.2) is 26.4 Å². The maximum absolute atomic E-state index is 12.5. The Balaban J connectivity index is 1.59. The van der Waals surface area contributed by atoms with E-state index in [-0.39, 0.29) is 11.7 Å². The van der Waals surface area contributed by atoms with Crippen LogP contribution in [0.1, 0.15) is 0 Å². The van der Waals surface area contributed by atoms with Crippen LogP contribution in [0.4, 0.5) is 5.69 Å². The zero-order valence-corrected chi connectivity index (χ0v) is 20.1. The van der Waals surface area contributed by atoms with Crippen LogP contribution in [-0.2, 0) is 4.79 Å². The molecule has 5 nitrogen and oxygen atoms in total. The molecule has 0 fully saturated rings. The van der Waals surface area contributed by atoms with Gasteiger partial charge in [0, 0.05) is 27.0 Å². The molecule has 162 valence electrons. The van der Waals surface area contributed by atoms with Gasteiger partial charge in [-0.25, -0.2) is 0 Å². The van der Waals surface area contributed by atoms with Crippen LogP contribution in [0.15, 0.2) is 71.9 Å². The molecule has 1 aromatic heterocycles. The van der Waals surface area contributed by atoms with Crippen molar-refractivity contribution < 1.29 is 4.79 Å². The first-order chi connectivity index (χ1) is 15.4. The summed E-state index contributed by atoms with van der Waals surface area (Å²) >= 11 is 25.3. The van der Waals surface area contributed by atoms with E-state index in [0.29, 0.717) is 36.8 Å². The molecule has 0 saturated heterocycles. The van der Waals surface area contributed by atoms with E-state index < -0.39 is 0 Å². The third kappa shape index (κ3) is 5.39. The zero-order valence-electron chi connectivity index (χ0n) is 16.2. The SMILES string of the molecule is O=C(CSc1nnc(-c2ccc(Cl)cc2)n1-c1ccc(Cl)cc1)Nc1ccc(Cl)c(Cl)c1. The summed E-state index contributed by atoms with van der Waals surface area (Å²) in [5.41, 5.74) is 2.21. The Kier molecular flexibility index (Phi) is 7.28. The first-order valence-corrected chi connectivity index (χ1v) is 11.8. The highest BCUT2D eigenvalue weighted by Gasteiger charge is 2.17. The van der Waals surface area contributed by atoms with Gasteiger partial charge in [0.25, 0.3) is 0 Å². The Morgan fingerprint density at radius 2 is 1.50 bits per heavy atom. The molecule has 4 aromatic rings. The van der Waals surface area contributed by atoms with Crippen molar-refractivity contribution >= 4 is 69.8 Å². The van der Waals surface area contributed by atoms with Crippen LogP contribution in [0.5, 0.6) is 0 Å². The second-order valence-corrected chi connectivity index (χ2v) is 9.22. The van der Waals surface area contributed by atoms with E-state index in [2.05, 4.69) is 15.5 Å².